The van der Waals surface area contributed by atoms with E-state index in [0.717, 1.165) is 0 Å². The monoisotopic (exact) mass is 581 g/mol. The van der Waals surface area contributed by atoms with Crippen LogP contribution in [0.15, 0.2) is 5.11 Å². The number of hydrogen-bond donors (Lipinski definition) is 0. The fraction of sp³-hybridized carbons (Fsp3) is 0.917. The first-order chi connectivity index (χ1) is 16.5. The van der Waals surface area contributed by atoms with Gasteiger partial charge in [0, 0.05) is 36.4 Å². The molecule has 2 unspecified atom stereocenters. The number of amides is 2. The van der Waals surface area contributed by atoms with Crippen LogP contribution in [0.4, 0.5) is 18.4 Å². The molecule has 36 heavy (non-hydrogen) atoms. The lowest BCUT2D eigenvalue weighted by Gasteiger charge is -2.26. The van der Waals surface area contributed by atoms with Gasteiger partial charge in [0.15, 0.2) is 0 Å². The second-order valence-electron chi connectivity index (χ2n) is 11.5. The molecule has 0 bridgehead atoms. The van der Waals surface area contributed by atoms with E-state index in [0.29, 0.717) is 57.1 Å². The lowest BCUT2D eigenvalue weighted by molar-refractivity contribution is 0.0237. The topological polar surface area (TPSA) is 108 Å². The Labute approximate surface area is 222 Å². The summed E-state index contributed by atoms with van der Waals surface area (Å²) in [5.41, 5.74) is 4.51. The molecular formula is C24H42BrF2N5O4. The van der Waals surface area contributed by atoms with Gasteiger partial charge in [-0.05, 0) is 85.6 Å². The van der Waals surface area contributed by atoms with Crippen LogP contribution in [0.1, 0.15) is 80.1 Å². The van der Waals surface area contributed by atoms with Crippen molar-refractivity contribution < 1.29 is 27.8 Å². The zero-order valence-corrected chi connectivity index (χ0v) is 24.1. The molecule has 2 heterocycles. The van der Waals surface area contributed by atoms with Crippen LogP contribution in [0.3, 0.4) is 0 Å². The number of likely N-dealkylation sites (tertiary alicyclic amines) is 2. The van der Waals surface area contributed by atoms with Gasteiger partial charge in [-0.3, -0.25) is 0 Å². The SMILES string of the molecule is CC(C)(C)OC(=O)N1CCCC(F)(CBr)CC1.CC(C)(C)OC(=O)N1CCCC(F)(CN=[N+]=[N-])CC1. The number of halogens is 3. The average molecular weight is 583 g/mol. The molecule has 0 aromatic heterocycles. The molecule has 2 amide bonds. The Balaban J connectivity index is 0.000000362. The van der Waals surface area contributed by atoms with Gasteiger partial charge in [-0.25, -0.2) is 18.4 Å². The molecule has 0 radical (unpaired) electrons. The van der Waals surface area contributed by atoms with Gasteiger partial charge in [0.05, 0.1) is 6.54 Å². The highest BCUT2D eigenvalue weighted by Crippen LogP contribution is 2.29. The maximum absolute atomic E-state index is 14.4. The molecule has 2 fully saturated rings. The minimum Gasteiger partial charge on any atom is -0.444 e. The first-order valence-electron chi connectivity index (χ1n) is 12.4. The second kappa shape index (κ2) is 13.7. The lowest BCUT2D eigenvalue weighted by atomic mass is 9.97. The molecule has 2 aliphatic heterocycles. The first kappa shape index (κ1) is 32.2. The molecule has 0 aromatic rings. The molecule has 2 saturated heterocycles. The van der Waals surface area contributed by atoms with Gasteiger partial charge in [-0.1, -0.05) is 21.0 Å². The summed E-state index contributed by atoms with van der Waals surface area (Å²) >= 11 is 3.20. The highest BCUT2D eigenvalue weighted by molar-refractivity contribution is 9.09. The molecule has 2 atom stereocenters. The predicted octanol–water partition coefficient (Wildman–Crippen LogP) is 6.94. The Hall–Kier alpha value is -1.81. The Kier molecular flexibility index (Phi) is 12.2. The third-order valence-electron chi connectivity index (χ3n) is 5.73. The maximum atomic E-state index is 14.4. The third kappa shape index (κ3) is 12.4. The summed E-state index contributed by atoms with van der Waals surface area (Å²) < 4.78 is 39.0. The van der Waals surface area contributed by atoms with Gasteiger partial charge in [-0.2, -0.15) is 0 Å². The molecular weight excluding hydrogens is 540 g/mol. The van der Waals surface area contributed by atoms with Crippen molar-refractivity contribution in [2.75, 3.05) is 38.1 Å². The van der Waals surface area contributed by atoms with Crippen molar-refractivity contribution in [3.63, 3.8) is 0 Å². The normalized spacial score (nSPS) is 25.4. The molecule has 0 N–H and O–H groups in total. The smallest absolute Gasteiger partial charge is 0.410 e. The van der Waals surface area contributed by atoms with Crippen molar-refractivity contribution >= 4 is 28.1 Å². The number of carbonyl (C=O) groups is 2. The minimum atomic E-state index is -1.51. The van der Waals surface area contributed by atoms with E-state index in [1.54, 1.807) is 25.7 Å². The van der Waals surface area contributed by atoms with E-state index in [2.05, 4.69) is 26.0 Å². The quantitative estimate of drug-likeness (QED) is 0.156. The summed E-state index contributed by atoms with van der Waals surface area (Å²) in [7, 11) is 0. The van der Waals surface area contributed by atoms with Crippen molar-refractivity contribution in [1.82, 2.24) is 9.80 Å². The third-order valence-corrected chi connectivity index (χ3v) is 6.73. The summed E-state index contributed by atoms with van der Waals surface area (Å²) in [4.78, 5) is 29.4. The number of hydrogen-bond acceptors (Lipinski definition) is 5. The van der Waals surface area contributed by atoms with Gasteiger partial charge >= 0.3 is 12.2 Å². The number of ether oxygens (including phenoxy) is 2. The van der Waals surface area contributed by atoms with E-state index in [9.17, 15) is 18.4 Å². The Morgan fingerprint density at radius 2 is 1.28 bits per heavy atom. The van der Waals surface area contributed by atoms with Crippen molar-refractivity contribution in [2.45, 2.75) is 103 Å². The van der Waals surface area contributed by atoms with Crippen LogP contribution < -0.4 is 0 Å². The average Bonchev–Trinajstić information content (AvgIpc) is 3.07. The molecule has 0 spiro atoms. The Morgan fingerprint density at radius 3 is 1.67 bits per heavy atom. The van der Waals surface area contributed by atoms with E-state index in [1.807, 2.05) is 20.8 Å². The molecule has 2 rings (SSSR count). The lowest BCUT2D eigenvalue weighted by Crippen LogP contribution is -2.38. The molecule has 0 aromatic carbocycles. The minimum absolute atomic E-state index is 0.172. The highest BCUT2D eigenvalue weighted by atomic mass is 79.9. The zero-order valence-electron chi connectivity index (χ0n) is 22.5. The maximum Gasteiger partial charge on any atom is 0.410 e. The number of nitrogens with zero attached hydrogens (tertiary/aromatic N) is 5. The van der Waals surface area contributed by atoms with Crippen LogP contribution in [-0.4, -0.2) is 82.6 Å². The standard InChI is InChI=1S/C12H21BrFNO2.C12H21FN4O2/c1-11(2,3)17-10(16)15-7-4-5-12(14,9-13)6-8-15;1-11(2,3)19-10(18)17-7-4-5-12(13,6-8-17)9-15-16-14/h4-9H2,1-3H3;4-9H2,1-3H3. The summed E-state index contributed by atoms with van der Waals surface area (Å²) in [6.07, 6.45) is 1.81. The van der Waals surface area contributed by atoms with Crippen LogP contribution in [0.25, 0.3) is 10.4 Å². The fourth-order valence-electron chi connectivity index (χ4n) is 3.79. The first-order valence-corrected chi connectivity index (χ1v) is 13.5. The number of azide groups is 1. The van der Waals surface area contributed by atoms with Crippen molar-refractivity contribution in [1.29, 1.82) is 0 Å². The van der Waals surface area contributed by atoms with E-state index in [4.69, 9.17) is 15.0 Å². The van der Waals surface area contributed by atoms with Gasteiger partial charge in [0.1, 0.15) is 22.5 Å². The largest absolute Gasteiger partial charge is 0.444 e. The van der Waals surface area contributed by atoms with Crippen LogP contribution in [-0.2, 0) is 9.47 Å². The van der Waals surface area contributed by atoms with Gasteiger partial charge in [0.2, 0.25) is 0 Å². The molecule has 0 saturated carbocycles. The number of alkyl halides is 3. The summed E-state index contributed by atoms with van der Waals surface area (Å²) in [6, 6.07) is 0. The van der Waals surface area contributed by atoms with Crippen molar-refractivity contribution in [3.8, 4) is 0 Å². The summed E-state index contributed by atoms with van der Waals surface area (Å²) in [5, 5.41) is 3.64. The number of rotatable bonds is 3. The van der Waals surface area contributed by atoms with Crippen molar-refractivity contribution in [2.24, 2.45) is 5.11 Å². The van der Waals surface area contributed by atoms with Crippen LogP contribution in [0, 0.1) is 0 Å². The van der Waals surface area contributed by atoms with E-state index >= 15 is 0 Å². The Bertz CT molecular complexity index is 785. The van der Waals surface area contributed by atoms with Crippen molar-refractivity contribution in [3.05, 3.63) is 10.4 Å². The molecule has 2 aliphatic rings. The van der Waals surface area contributed by atoms with E-state index in [1.165, 1.54) is 4.90 Å². The molecule has 9 nitrogen and oxygen atoms in total. The van der Waals surface area contributed by atoms with E-state index in [-0.39, 0.29) is 25.6 Å². The van der Waals surface area contributed by atoms with Gasteiger partial charge in [0.25, 0.3) is 0 Å². The zero-order chi connectivity index (χ0) is 27.6. The van der Waals surface area contributed by atoms with Gasteiger partial charge < -0.3 is 19.3 Å². The number of carbonyl (C=O) groups excluding carboxylic acids is 2. The van der Waals surface area contributed by atoms with E-state index < -0.39 is 28.6 Å². The van der Waals surface area contributed by atoms with Gasteiger partial charge in [-0.15, -0.1) is 0 Å². The Morgan fingerprint density at radius 1 is 0.861 bits per heavy atom. The second-order valence-corrected chi connectivity index (χ2v) is 12.0. The molecule has 12 heteroatoms. The fourth-order valence-corrected chi connectivity index (χ4v) is 4.35. The molecule has 0 aliphatic carbocycles. The highest BCUT2D eigenvalue weighted by Gasteiger charge is 2.35. The summed E-state index contributed by atoms with van der Waals surface area (Å²) in [6.45, 7) is 12.5. The van der Waals surface area contributed by atoms with Crippen LogP contribution in [0.2, 0.25) is 0 Å². The molecule has 208 valence electrons. The van der Waals surface area contributed by atoms with Crippen LogP contribution in [0.5, 0.6) is 0 Å². The summed E-state index contributed by atoms with van der Waals surface area (Å²) in [5.74, 6) is 0. The predicted molar refractivity (Wildman–Crippen MR) is 139 cm³/mol. The van der Waals surface area contributed by atoms with Crippen LogP contribution >= 0.6 is 15.9 Å².